The lowest BCUT2D eigenvalue weighted by atomic mass is 10.0. The van der Waals surface area contributed by atoms with Gasteiger partial charge in [0.05, 0.1) is 5.38 Å². The summed E-state index contributed by atoms with van der Waals surface area (Å²) in [6.07, 6.45) is 0.630. The molecule has 0 amide bonds. The number of alkyl halides is 1. The molecule has 0 aromatic heterocycles. The van der Waals surface area contributed by atoms with Gasteiger partial charge in [0, 0.05) is 5.02 Å². The van der Waals surface area contributed by atoms with Gasteiger partial charge in [0.25, 0.3) is 0 Å². The maximum Gasteiger partial charge on any atom is 0.123 e. The Morgan fingerprint density at radius 3 is 2.44 bits per heavy atom. The van der Waals surface area contributed by atoms with E-state index in [1.165, 1.54) is 12.1 Å². The number of aryl methyl sites for hydroxylation is 1. The number of benzene rings is 2. The van der Waals surface area contributed by atoms with E-state index in [2.05, 4.69) is 0 Å². The summed E-state index contributed by atoms with van der Waals surface area (Å²) >= 11 is 12.6. The molecule has 2 rings (SSSR count). The summed E-state index contributed by atoms with van der Waals surface area (Å²) in [5.41, 5.74) is 2.93. The Labute approximate surface area is 116 Å². The third-order valence-electron chi connectivity index (χ3n) is 2.89. The van der Waals surface area contributed by atoms with Crippen LogP contribution in [0.4, 0.5) is 4.39 Å². The van der Waals surface area contributed by atoms with Gasteiger partial charge in [0.2, 0.25) is 0 Å². The minimum absolute atomic E-state index is 0.206. The molecule has 0 bridgehead atoms. The summed E-state index contributed by atoms with van der Waals surface area (Å²) < 4.78 is 12.8. The van der Waals surface area contributed by atoms with E-state index in [0.717, 1.165) is 16.7 Å². The van der Waals surface area contributed by atoms with E-state index in [-0.39, 0.29) is 11.2 Å². The molecule has 0 heterocycles. The molecule has 0 aliphatic carbocycles. The fraction of sp³-hybridized carbons (Fsp3) is 0.200. The predicted octanol–water partition coefficient (Wildman–Crippen LogP) is 5.31. The second-order valence-corrected chi connectivity index (χ2v) is 5.18. The molecule has 0 saturated carbocycles. The van der Waals surface area contributed by atoms with Crippen LogP contribution in [0.2, 0.25) is 5.02 Å². The van der Waals surface area contributed by atoms with Gasteiger partial charge in [0.1, 0.15) is 5.82 Å². The Morgan fingerprint density at radius 2 is 1.78 bits per heavy atom. The summed E-state index contributed by atoms with van der Waals surface area (Å²) in [6, 6.07) is 12.2. The lowest BCUT2D eigenvalue weighted by molar-refractivity contribution is 0.627. The zero-order valence-electron chi connectivity index (χ0n) is 9.96. The molecule has 2 aromatic rings. The number of hydrogen-bond donors (Lipinski definition) is 0. The average Bonchev–Trinajstić information content (AvgIpc) is 2.35. The molecular weight excluding hydrogens is 270 g/mol. The molecule has 2 aromatic carbocycles. The van der Waals surface area contributed by atoms with Gasteiger partial charge in [-0.05, 0) is 42.2 Å². The van der Waals surface area contributed by atoms with Crippen molar-refractivity contribution in [3.05, 3.63) is 70.0 Å². The quantitative estimate of drug-likeness (QED) is 0.669. The van der Waals surface area contributed by atoms with E-state index in [1.807, 2.05) is 25.1 Å². The first-order valence-corrected chi connectivity index (χ1v) is 6.53. The molecule has 3 heteroatoms. The molecular formula is C15H13Cl2F. The van der Waals surface area contributed by atoms with Crippen LogP contribution in [-0.2, 0) is 6.42 Å². The van der Waals surface area contributed by atoms with Crippen LogP contribution in [0.25, 0.3) is 0 Å². The first-order chi connectivity index (χ1) is 8.58. The fourth-order valence-corrected chi connectivity index (χ4v) is 2.52. The average molecular weight is 283 g/mol. The normalized spacial score (nSPS) is 12.4. The van der Waals surface area contributed by atoms with Gasteiger partial charge in [-0.3, -0.25) is 0 Å². The van der Waals surface area contributed by atoms with Gasteiger partial charge < -0.3 is 0 Å². The van der Waals surface area contributed by atoms with Crippen LogP contribution in [0, 0.1) is 12.7 Å². The molecule has 0 aliphatic rings. The topological polar surface area (TPSA) is 0 Å². The Balaban J connectivity index is 2.19. The Morgan fingerprint density at radius 1 is 1.11 bits per heavy atom. The lowest BCUT2D eigenvalue weighted by Gasteiger charge is -2.13. The summed E-state index contributed by atoms with van der Waals surface area (Å²) in [7, 11) is 0. The van der Waals surface area contributed by atoms with Gasteiger partial charge in [0.15, 0.2) is 0 Å². The van der Waals surface area contributed by atoms with Crippen molar-refractivity contribution in [2.75, 3.05) is 0 Å². The maximum atomic E-state index is 12.8. The van der Waals surface area contributed by atoms with Crippen molar-refractivity contribution in [2.24, 2.45) is 0 Å². The largest absolute Gasteiger partial charge is 0.207 e. The SMILES string of the molecule is Cc1cccc(C(Cl)Cc2ccc(F)cc2)c1Cl. The zero-order valence-corrected chi connectivity index (χ0v) is 11.5. The molecule has 1 atom stereocenters. The third kappa shape index (κ3) is 3.04. The van der Waals surface area contributed by atoms with Crippen LogP contribution in [-0.4, -0.2) is 0 Å². The van der Waals surface area contributed by atoms with E-state index >= 15 is 0 Å². The van der Waals surface area contributed by atoms with Gasteiger partial charge >= 0.3 is 0 Å². The zero-order chi connectivity index (χ0) is 13.1. The molecule has 0 nitrogen and oxygen atoms in total. The molecule has 18 heavy (non-hydrogen) atoms. The van der Waals surface area contributed by atoms with Gasteiger partial charge in [-0.25, -0.2) is 4.39 Å². The van der Waals surface area contributed by atoms with Crippen molar-refractivity contribution in [2.45, 2.75) is 18.7 Å². The maximum absolute atomic E-state index is 12.8. The van der Waals surface area contributed by atoms with Crippen LogP contribution in [0.5, 0.6) is 0 Å². The summed E-state index contributed by atoms with van der Waals surface area (Å²) in [4.78, 5) is 0. The summed E-state index contributed by atoms with van der Waals surface area (Å²) in [5, 5.41) is 0.502. The van der Waals surface area contributed by atoms with Crippen molar-refractivity contribution in [3.8, 4) is 0 Å². The van der Waals surface area contributed by atoms with Gasteiger partial charge in [-0.15, -0.1) is 11.6 Å². The number of hydrogen-bond acceptors (Lipinski definition) is 0. The van der Waals surface area contributed by atoms with Crippen molar-refractivity contribution in [1.82, 2.24) is 0 Å². The van der Waals surface area contributed by atoms with Crippen molar-refractivity contribution in [1.29, 1.82) is 0 Å². The molecule has 0 radical (unpaired) electrons. The van der Waals surface area contributed by atoms with Crippen LogP contribution >= 0.6 is 23.2 Å². The van der Waals surface area contributed by atoms with Crippen LogP contribution in [0.3, 0.4) is 0 Å². The van der Waals surface area contributed by atoms with Gasteiger partial charge in [-0.1, -0.05) is 41.9 Å². The number of rotatable bonds is 3. The smallest absolute Gasteiger partial charge is 0.123 e. The predicted molar refractivity (Wildman–Crippen MR) is 74.9 cm³/mol. The second kappa shape index (κ2) is 5.73. The molecule has 0 aliphatic heterocycles. The fourth-order valence-electron chi connectivity index (χ4n) is 1.85. The molecule has 94 valence electrons. The highest BCUT2D eigenvalue weighted by atomic mass is 35.5. The van der Waals surface area contributed by atoms with E-state index in [1.54, 1.807) is 12.1 Å². The molecule has 0 spiro atoms. The van der Waals surface area contributed by atoms with Crippen molar-refractivity contribution < 1.29 is 4.39 Å². The lowest BCUT2D eigenvalue weighted by Crippen LogP contribution is -1.98. The Hall–Kier alpha value is -1.05. The minimum Gasteiger partial charge on any atom is -0.207 e. The van der Waals surface area contributed by atoms with Crippen molar-refractivity contribution in [3.63, 3.8) is 0 Å². The van der Waals surface area contributed by atoms with E-state index in [9.17, 15) is 4.39 Å². The summed E-state index contributed by atoms with van der Waals surface area (Å²) in [6.45, 7) is 1.95. The van der Waals surface area contributed by atoms with Crippen LogP contribution in [0.1, 0.15) is 22.1 Å². The second-order valence-electron chi connectivity index (χ2n) is 4.28. The highest BCUT2D eigenvalue weighted by molar-refractivity contribution is 6.33. The first kappa shape index (κ1) is 13.4. The Kier molecular flexibility index (Phi) is 4.26. The van der Waals surface area contributed by atoms with Crippen LogP contribution < -0.4 is 0 Å². The highest BCUT2D eigenvalue weighted by Gasteiger charge is 2.13. The molecule has 0 N–H and O–H groups in total. The monoisotopic (exact) mass is 282 g/mol. The summed E-state index contributed by atoms with van der Waals surface area (Å²) in [5.74, 6) is -0.238. The van der Waals surface area contributed by atoms with E-state index < -0.39 is 0 Å². The van der Waals surface area contributed by atoms with Crippen molar-refractivity contribution >= 4 is 23.2 Å². The first-order valence-electron chi connectivity index (χ1n) is 5.71. The van der Waals surface area contributed by atoms with E-state index in [0.29, 0.717) is 11.4 Å². The van der Waals surface area contributed by atoms with E-state index in [4.69, 9.17) is 23.2 Å². The third-order valence-corrected chi connectivity index (χ3v) is 3.79. The Bertz CT molecular complexity index is 535. The molecule has 1 unspecified atom stereocenters. The van der Waals surface area contributed by atoms with Gasteiger partial charge in [-0.2, -0.15) is 0 Å². The molecule has 0 fully saturated rings. The van der Waals surface area contributed by atoms with Crippen LogP contribution in [0.15, 0.2) is 42.5 Å². The number of halogens is 3. The molecule has 0 saturated heterocycles. The standard InChI is InChI=1S/C15H13Cl2F/c1-10-3-2-4-13(15(10)17)14(16)9-11-5-7-12(18)8-6-11/h2-8,14H,9H2,1H3. The highest BCUT2D eigenvalue weighted by Crippen LogP contribution is 2.32. The minimum atomic E-state index is -0.238.